The van der Waals surface area contributed by atoms with E-state index in [9.17, 15) is 14.5 Å². The molecule has 0 bridgehead atoms. The van der Waals surface area contributed by atoms with Gasteiger partial charge in [-0.05, 0) is 38.5 Å². The number of benzene rings is 2. The maximum absolute atomic E-state index is 13.8. The van der Waals surface area contributed by atoms with Gasteiger partial charge in [-0.15, -0.1) is 0 Å². The van der Waals surface area contributed by atoms with E-state index >= 15 is 0 Å². The van der Waals surface area contributed by atoms with E-state index in [-0.39, 0.29) is 17.5 Å². The minimum Gasteiger partial charge on any atom is -0.378 e. The number of hydrogen-bond donors (Lipinski definition) is 1. The molecule has 0 aliphatic rings. The van der Waals surface area contributed by atoms with Gasteiger partial charge in [0.2, 0.25) is 0 Å². The number of nitro groups is 1. The van der Waals surface area contributed by atoms with E-state index in [1.54, 1.807) is 31.2 Å². The molecule has 0 aliphatic carbocycles. The Morgan fingerprint density at radius 3 is 2.48 bits per heavy atom. The van der Waals surface area contributed by atoms with Crippen LogP contribution in [0.4, 0.5) is 15.8 Å². The summed E-state index contributed by atoms with van der Waals surface area (Å²) in [6.07, 6.45) is 0. The zero-order chi connectivity index (χ0) is 15.6. The van der Waals surface area contributed by atoms with Crippen LogP contribution in [0.3, 0.4) is 0 Å². The first-order valence-electron chi connectivity index (χ1n) is 6.66. The summed E-state index contributed by atoms with van der Waals surface area (Å²) in [5, 5.41) is 14.2. The maximum Gasteiger partial charge on any atom is 0.274 e. The summed E-state index contributed by atoms with van der Waals surface area (Å²) < 4.78 is 13.8. The number of halogens is 1. The second-order valence-corrected chi connectivity index (χ2v) is 5.10. The van der Waals surface area contributed by atoms with Crippen LogP contribution in [0.1, 0.15) is 29.7 Å². The molecule has 0 amide bonds. The molecule has 5 heteroatoms. The molecule has 0 radical (unpaired) electrons. The topological polar surface area (TPSA) is 55.2 Å². The average Bonchev–Trinajstić information content (AvgIpc) is 2.41. The number of nitrogens with one attached hydrogen (secondary N) is 1. The summed E-state index contributed by atoms with van der Waals surface area (Å²) in [7, 11) is 0. The zero-order valence-electron chi connectivity index (χ0n) is 12.2. The summed E-state index contributed by atoms with van der Waals surface area (Å²) in [5.74, 6) is -0.295. The molecule has 0 saturated carbocycles. The molecule has 0 heterocycles. The molecular weight excluding hydrogens is 271 g/mol. The third-order valence-corrected chi connectivity index (χ3v) is 3.48. The van der Waals surface area contributed by atoms with Gasteiger partial charge < -0.3 is 5.32 Å². The summed E-state index contributed by atoms with van der Waals surface area (Å²) in [6, 6.07) is 9.47. The van der Waals surface area contributed by atoms with Crippen molar-refractivity contribution in [3.05, 3.63) is 69.0 Å². The second kappa shape index (κ2) is 5.91. The van der Waals surface area contributed by atoms with Gasteiger partial charge in [0.05, 0.1) is 11.0 Å². The van der Waals surface area contributed by atoms with E-state index in [0.29, 0.717) is 16.8 Å². The first kappa shape index (κ1) is 15.0. The lowest BCUT2D eigenvalue weighted by atomic mass is 10.0. The standard InChI is InChI=1S/C16H17FN2O2/c1-10-8-11(2)16(19(20)21)9-15(10)18-12(3)13-6-4-5-7-14(13)17/h4-9,12,18H,1-3H3. The lowest BCUT2D eigenvalue weighted by Gasteiger charge is -2.18. The molecule has 2 aromatic carbocycles. The molecule has 1 N–H and O–H groups in total. The van der Waals surface area contributed by atoms with Gasteiger partial charge in [-0.3, -0.25) is 10.1 Å². The molecule has 0 aromatic heterocycles. The Morgan fingerprint density at radius 1 is 1.19 bits per heavy atom. The molecule has 0 aliphatic heterocycles. The van der Waals surface area contributed by atoms with Crippen molar-refractivity contribution in [2.75, 3.05) is 5.32 Å². The highest BCUT2D eigenvalue weighted by molar-refractivity contribution is 5.60. The van der Waals surface area contributed by atoms with Crippen LogP contribution in [0.15, 0.2) is 36.4 Å². The van der Waals surface area contributed by atoms with Crippen LogP contribution in [-0.4, -0.2) is 4.92 Å². The Morgan fingerprint density at radius 2 is 1.86 bits per heavy atom. The Hall–Kier alpha value is -2.43. The molecule has 110 valence electrons. The van der Waals surface area contributed by atoms with Crippen molar-refractivity contribution in [1.82, 2.24) is 0 Å². The number of anilines is 1. The van der Waals surface area contributed by atoms with E-state index in [0.717, 1.165) is 5.56 Å². The first-order chi connectivity index (χ1) is 9.90. The van der Waals surface area contributed by atoms with E-state index in [4.69, 9.17) is 0 Å². The van der Waals surface area contributed by atoms with Crippen molar-refractivity contribution < 1.29 is 9.31 Å². The predicted molar refractivity (Wildman–Crippen MR) is 81.0 cm³/mol. The van der Waals surface area contributed by atoms with Gasteiger partial charge in [0.25, 0.3) is 5.69 Å². The number of aryl methyl sites for hydroxylation is 2. The lowest BCUT2D eigenvalue weighted by Crippen LogP contribution is -2.10. The SMILES string of the molecule is Cc1cc(C)c([N+](=O)[O-])cc1NC(C)c1ccccc1F. The van der Waals surface area contributed by atoms with Crippen molar-refractivity contribution in [3.63, 3.8) is 0 Å². The van der Waals surface area contributed by atoms with Gasteiger partial charge in [-0.1, -0.05) is 18.2 Å². The zero-order valence-corrected chi connectivity index (χ0v) is 12.2. The van der Waals surface area contributed by atoms with Crippen LogP contribution in [0.25, 0.3) is 0 Å². The number of nitrogens with zero attached hydrogens (tertiary/aromatic N) is 1. The highest BCUT2D eigenvalue weighted by Crippen LogP contribution is 2.29. The van der Waals surface area contributed by atoms with Crippen LogP contribution in [0.2, 0.25) is 0 Å². The van der Waals surface area contributed by atoms with Crippen molar-refractivity contribution >= 4 is 11.4 Å². The van der Waals surface area contributed by atoms with Gasteiger partial charge in [0.1, 0.15) is 5.82 Å². The van der Waals surface area contributed by atoms with Crippen LogP contribution in [-0.2, 0) is 0 Å². The summed E-state index contributed by atoms with van der Waals surface area (Å²) in [6.45, 7) is 5.39. The highest BCUT2D eigenvalue weighted by Gasteiger charge is 2.16. The Kier molecular flexibility index (Phi) is 4.21. The second-order valence-electron chi connectivity index (χ2n) is 5.10. The van der Waals surface area contributed by atoms with Crippen molar-refractivity contribution in [1.29, 1.82) is 0 Å². The van der Waals surface area contributed by atoms with Crippen molar-refractivity contribution in [3.8, 4) is 0 Å². The minimum absolute atomic E-state index is 0.0591. The molecular formula is C16H17FN2O2. The highest BCUT2D eigenvalue weighted by atomic mass is 19.1. The smallest absolute Gasteiger partial charge is 0.274 e. The van der Waals surface area contributed by atoms with Crippen LogP contribution >= 0.6 is 0 Å². The van der Waals surface area contributed by atoms with Crippen molar-refractivity contribution in [2.24, 2.45) is 0 Å². The van der Waals surface area contributed by atoms with Gasteiger partial charge in [-0.2, -0.15) is 0 Å². The van der Waals surface area contributed by atoms with Crippen LogP contribution < -0.4 is 5.32 Å². The average molecular weight is 288 g/mol. The number of nitro benzene ring substituents is 1. The largest absolute Gasteiger partial charge is 0.378 e. The van der Waals surface area contributed by atoms with E-state index < -0.39 is 4.92 Å². The minimum atomic E-state index is -0.409. The van der Waals surface area contributed by atoms with Crippen LogP contribution in [0.5, 0.6) is 0 Å². The fourth-order valence-corrected chi connectivity index (χ4v) is 2.33. The Labute approximate surface area is 122 Å². The summed E-state index contributed by atoms with van der Waals surface area (Å²) >= 11 is 0. The lowest BCUT2D eigenvalue weighted by molar-refractivity contribution is -0.385. The summed E-state index contributed by atoms with van der Waals surface area (Å²) in [4.78, 5) is 10.6. The van der Waals surface area contributed by atoms with E-state index in [2.05, 4.69) is 5.32 Å². The monoisotopic (exact) mass is 288 g/mol. The number of hydrogen-bond acceptors (Lipinski definition) is 3. The summed E-state index contributed by atoms with van der Waals surface area (Å²) in [5.41, 5.74) is 2.73. The molecule has 21 heavy (non-hydrogen) atoms. The third-order valence-electron chi connectivity index (χ3n) is 3.48. The maximum atomic E-state index is 13.8. The van der Waals surface area contributed by atoms with Gasteiger partial charge in [0, 0.05) is 22.9 Å². The van der Waals surface area contributed by atoms with Gasteiger partial charge >= 0.3 is 0 Å². The molecule has 1 unspecified atom stereocenters. The molecule has 1 atom stereocenters. The quantitative estimate of drug-likeness (QED) is 0.664. The first-order valence-corrected chi connectivity index (χ1v) is 6.66. The normalized spacial score (nSPS) is 12.0. The van der Waals surface area contributed by atoms with E-state index in [1.165, 1.54) is 12.1 Å². The molecule has 2 rings (SSSR count). The molecule has 4 nitrogen and oxygen atoms in total. The van der Waals surface area contributed by atoms with Gasteiger partial charge in [-0.25, -0.2) is 4.39 Å². The van der Waals surface area contributed by atoms with Crippen molar-refractivity contribution in [2.45, 2.75) is 26.8 Å². The molecule has 0 fully saturated rings. The third kappa shape index (κ3) is 3.18. The van der Waals surface area contributed by atoms with E-state index in [1.807, 2.05) is 13.8 Å². The van der Waals surface area contributed by atoms with Gasteiger partial charge in [0.15, 0.2) is 0 Å². The Balaban J connectivity index is 2.33. The number of rotatable bonds is 4. The predicted octanol–water partition coefficient (Wildman–Crippen LogP) is 4.52. The fraction of sp³-hybridized carbons (Fsp3) is 0.250. The fourth-order valence-electron chi connectivity index (χ4n) is 2.33. The Bertz CT molecular complexity index is 686. The molecule has 0 spiro atoms. The van der Waals surface area contributed by atoms with Crippen LogP contribution in [0, 0.1) is 29.8 Å². The molecule has 0 saturated heterocycles. The molecule has 2 aromatic rings.